The minimum absolute atomic E-state index is 0.0403. The summed E-state index contributed by atoms with van der Waals surface area (Å²) in [6.45, 7) is 2.54. The van der Waals surface area contributed by atoms with Crippen LogP contribution in [0.3, 0.4) is 0 Å². The van der Waals surface area contributed by atoms with Crippen LogP contribution in [0.2, 0.25) is 10.0 Å². The van der Waals surface area contributed by atoms with Gasteiger partial charge < -0.3 is 15.1 Å². The zero-order valence-corrected chi connectivity index (χ0v) is 23.6. The van der Waals surface area contributed by atoms with Crippen LogP contribution in [0.4, 0.5) is 5.69 Å². The molecule has 1 fully saturated rings. The highest BCUT2D eigenvalue weighted by Crippen LogP contribution is 2.37. The Morgan fingerprint density at radius 1 is 1.08 bits per heavy atom. The van der Waals surface area contributed by atoms with E-state index >= 15 is 0 Å². The third kappa shape index (κ3) is 5.78. The lowest BCUT2D eigenvalue weighted by Gasteiger charge is -2.32. The van der Waals surface area contributed by atoms with Crippen LogP contribution in [0, 0.1) is 0 Å². The smallest absolute Gasteiger partial charge is 0.258 e. The third-order valence-corrected chi connectivity index (χ3v) is 8.45. The number of nitrogens with zero attached hydrogens (tertiary/aromatic N) is 2. The van der Waals surface area contributed by atoms with Gasteiger partial charge in [0.05, 0.1) is 5.69 Å². The number of halogens is 2. The van der Waals surface area contributed by atoms with Gasteiger partial charge in [0.15, 0.2) is 0 Å². The van der Waals surface area contributed by atoms with Crippen LogP contribution < -0.4 is 10.2 Å². The lowest BCUT2D eigenvalue weighted by Crippen LogP contribution is -2.51. The molecule has 1 atom stereocenters. The molecule has 1 heterocycles. The van der Waals surface area contributed by atoms with E-state index < -0.39 is 6.04 Å². The third-order valence-electron chi connectivity index (χ3n) is 7.86. The number of hydrogen-bond donors (Lipinski definition) is 1. The Balaban J connectivity index is 1.31. The first-order valence-corrected chi connectivity index (χ1v) is 14.5. The molecule has 1 N–H and O–H groups in total. The van der Waals surface area contributed by atoms with Crippen LogP contribution in [-0.2, 0) is 16.1 Å². The maximum atomic E-state index is 13.7. The molecule has 0 aromatic heterocycles. The first kappa shape index (κ1) is 27.5. The lowest BCUT2D eigenvalue weighted by molar-refractivity contribution is -0.141. The van der Waals surface area contributed by atoms with E-state index in [1.54, 1.807) is 28.0 Å². The van der Waals surface area contributed by atoms with Crippen LogP contribution >= 0.6 is 23.2 Å². The molecule has 0 bridgehead atoms. The average Bonchev–Trinajstić information content (AvgIpc) is 3.53. The molecule has 3 aromatic carbocycles. The van der Waals surface area contributed by atoms with Gasteiger partial charge in [0.1, 0.15) is 6.04 Å². The lowest BCUT2D eigenvalue weighted by atomic mass is 10.1. The Bertz CT molecular complexity index is 1400. The van der Waals surface area contributed by atoms with Gasteiger partial charge in [-0.05, 0) is 60.9 Å². The quantitative estimate of drug-likeness (QED) is 0.295. The van der Waals surface area contributed by atoms with Crippen molar-refractivity contribution in [1.29, 1.82) is 0 Å². The van der Waals surface area contributed by atoms with Crippen molar-refractivity contribution < 1.29 is 14.4 Å². The molecule has 2 aliphatic rings. The van der Waals surface area contributed by atoms with Crippen molar-refractivity contribution in [3.8, 4) is 0 Å². The molecular weight excluding hydrogens is 533 g/mol. The molecule has 0 saturated heterocycles. The summed E-state index contributed by atoms with van der Waals surface area (Å²) in [5.74, 6) is -0.307. The van der Waals surface area contributed by atoms with Crippen molar-refractivity contribution >= 4 is 57.4 Å². The van der Waals surface area contributed by atoms with Crippen LogP contribution in [0.5, 0.6) is 0 Å². The predicted octanol–water partition coefficient (Wildman–Crippen LogP) is 6.75. The maximum absolute atomic E-state index is 13.7. The molecule has 1 saturated carbocycles. The summed E-state index contributed by atoms with van der Waals surface area (Å²) in [7, 11) is 0. The Hall–Kier alpha value is -3.09. The fourth-order valence-electron chi connectivity index (χ4n) is 5.85. The monoisotopic (exact) mass is 565 g/mol. The van der Waals surface area contributed by atoms with Gasteiger partial charge in [0, 0.05) is 46.5 Å². The van der Waals surface area contributed by atoms with Gasteiger partial charge in [-0.3, -0.25) is 14.4 Å². The molecule has 0 spiro atoms. The van der Waals surface area contributed by atoms with Crippen molar-refractivity contribution in [2.75, 3.05) is 11.4 Å². The van der Waals surface area contributed by atoms with E-state index in [0.717, 1.165) is 47.7 Å². The molecule has 0 unspecified atom stereocenters. The average molecular weight is 567 g/mol. The number of anilines is 1. The van der Waals surface area contributed by atoms with Crippen molar-refractivity contribution in [2.45, 2.75) is 70.5 Å². The van der Waals surface area contributed by atoms with E-state index in [2.05, 4.69) is 5.32 Å². The highest BCUT2D eigenvalue weighted by molar-refractivity contribution is 6.35. The highest BCUT2D eigenvalue weighted by Gasteiger charge is 2.32. The number of benzene rings is 3. The molecule has 8 heteroatoms. The van der Waals surface area contributed by atoms with Gasteiger partial charge >= 0.3 is 0 Å². The van der Waals surface area contributed by atoms with Gasteiger partial charge in [0.2, 0.25) is 11.8 Å². The van der Waals surface area contributed by atoms with E-state index in [9.17, 15) is 14.4 Å². The summed E-state index contributed by atoms with van der Waals surface area (Å²) in [6.07, 6.45) is 5.32. The molecule has 5 rings (SSSR count). The summed E-state index contributed by atoms with van der Waals surface area (Å²) in [4.78, 5) is 43.6. The second-order valence-electron chi connectivity index (χ2n) is 10.4. The molecule has 3 amide bonds. The highest BCUT2D eigenvalue weighted by atomic mass is 35.5. The number of hydrogen-bond acceptors (Lipinski definition) is 3. The van der Waals surface area contributed by atoms with Crippen LogP contribution in [0.25, 0.3) is 10.8 Å². The molecule has 0 radical (unpaired) electrons. The zero-order valence-electron chi connectivity index (χ0n) is 22.1. The fourth-order valence-corrected chi connectivity index (χ4v) is 6.32. The number of amides is 3. The summed E-state index contributed by atoms with van der Waals surface area (Å²) in [5, 5.41) is 6.13. The molecule has 39 heavy (non-hydrogen) atoms. The minimum atomic E-state index is -0.615. The Morgan fingerprint density at radius 2 is 1.82 bits per heavy atom. The first-order valence-electron chi connectivity index (χ1n) is 13.7. The van der Waals surface area contributed by atoms with Gasteiger partial charge in [-0.1, -0.05) is 73.3 Å². The molecule has 1 aliphatic heterocycles. The first-order chi connectivity index (χ1) is 18.9. The fraction of sp³-hybridized carbons (Fsp3) is 0.387. The van der Waals surface area contributed by atoms with Crippen LogP contribution in [0.1, 0.15) is 67.8 Å². The molecule has 3 aromatic rings. The Kier molecular flexibility index (Phi) is 8.43. The number of rotatable bonds is 10. The van der Waals surface area contributed by atoms with Crippen molar-refractivity contribution in [3.05, 3.63) is 75.8 Å². The Labute approximate surface area is 239 Å². The van der Waals surface area contributed by atoms with Crippen molar-refractivity contribution in [3.63, 3.8) is 0 Å². The van der Waals surface area contributed by atoms with E-state index in [1.807, 2.05) is 43.3 Å². The SMILES string of the molecule is CC[C@H](C(=O)NC1CCCC1)N(Cc1ccc(Cl)cc1Cl)C(=O)CCCN1C(=O)c2cccc3cccc1c23. The van der Waals surface area contributed by atoms with E-state index in [-0.39, 0.29) is 36.7 Å². The standard InChI is InChI=1S/C31H33Cl2N3O3/c1-2-26(30(38)34-23-10-3-4-11-23)36(19-21-15-16-22(32)18-25(21)33)28(37)14-7-17-35-27-13-6-9-20-8-5-12-24(29(20)27)31(35)39/h5-6,8-9,12-13,15-16,18,23,26H,2-4,7,10-11,14,17,19H2,1H3,(H,34,38)/t26-/m1/s1. The molecule has 6 nitrogen and oxygen atoms in total. The summed E-state index contributed by atoms with van der Waals surface area (Å²) < 4.78 is 0. The second kappa shape index (κ2) is 12.0. The van der Waals surface area contributed by atoms with Crippen molar-refractivity contribution in [2.24, 2.45) is 0 Å². The molecular formula is C31H33Cl2N3O3. The number of carbonyl (C=O) groups excluding carboxylic acids is 3. The van der Waals surface area contributed by atoms with Crippen LogP contribution in [-0.4, -0.2) is 41.2 Å². The van der Waals surface area contributed by atoms with Crippen LogP contribution in [0.15, 0.2) is 54.6 Å². The van der Waals surface area contributed by atoms with E-state index in [4.69, 9.17) is 23.2 Å². The molecule has 1 aliphatic carbocycles. The van der Waals surface area contributed by atoms with Gasteiger partial charge in [-0.15, -0.1) is 0 Å². The molecule has 204 valence electrons. The number of carbonyl (C=O) groups is 3. The Morgan fingerprint density at radius 3 is 2.54 bits per heavy atom. The van der Waals surface area contributed by atoms with Crippen molar-refractivity contribution in [1.82, 2.24) is 10.2 Å². The van der Waals surface area contributed by atoms with Gasteiger partial charge in [0.25, 0.3) is 5.91 Å². The zero-order chi connectivity index (χ0) is 27.5. The minimum Gasteiger partial charge on any atom is -0.352 e. The van der Waals surface area contributed by atoms with Gasteiger partial charge in [-0.2, -0.15) is 0 Å². The second-order valence-corrected chi connectivity index (χ2v) is 11.3. The normalized spacial score (nSPS) is 15.7. The summed E-state index contributed by atoms with van der Waals surface area (Å²) in [5.41, 5.74) is 2.31. The van der Waals surface area contributed by atoms with E-state index in [1.165, 1.54) is 0 Å². The van der Waals surface area contributed by atoms with Gasteiger partial charge in [-0.25, -0.2) is 0 Å². The number of nitrogens with one attached hydrogen (secondary N) is 1. The summed E-state index contributed by atoms with van der Waals surface area (Å²) >= 11 is 12.6. The largest absolute Gasteiger partial charge is 0.352 e. The maximum Gasteiger partial charge on any atom is 0.258 e. The predicted molar refractivity (Wildman–Crippen MR) is 156 cm³/mol. The topological polar surface area (TPSA) is 69.7 Å². The van der Waals surface area contributed by atoms with E-state index in [0.29, 0.717) is 35.0 Å². The summed E-state index contributed by atoms with van der Waals surface area (Å²) in [6, 6.07) is 16.4.